The molecule has 1 aromatic rings. The Bertz CT molecular complexity index is 488. The second kappa shape index (κ2) is 5.83. The second-order valence-electron chi connectivity index (χ2n) is 6.04. The summed E-state index contributed by atoms with van der Waals surface area (Å²) in [7, 11) is 2.08. The summed E-state index contributed by atoms with van der Waals surface area (Å²) in [6, 6.07) is 8.42. The Labute approximate surface area is 121 Å². The number of aryl methyl sites for hydroxylation is 1. The van der Waals surface area contributed by atoms with Crippen molar-refractivity contribution in [3.05, 3.63) is 29.8 Å². The van der Waals surface area contributed by atoms with Crippen LogP contribution in [-0.4, -0.2) is 25.0 Å². The monoisotopic (exact) mass is 275 g/mol. The van der Waals surface area contributed by atoms with Crippen molar-refractivity contribution in [2.75, 3.05) is 18.5 Å². The van der Waals surface area contributed by atoms with E-state index in [0.717, 1.165) is 32.2 Å². The topological polar surface area (TPSA) is 72.3 Å². The molecular formula is C16H25N3O. The van der Waals surface area contributed by atoms with Crippen molar-refractivity contribution in [3.63, 3.8) is 0 Å². The lowest BCUT2D eigenvalue weighted by molar-refractivity contribution is -0.124. The molecule has 0 saturated heterocycles. The Balaban J connectivity index is 1.96. The molecule has 1 aromatic carbocycles. The maximum absolute atomic E-state index is 11.6. The van der Waals surface area contributed by atoms with E-state index in [0.29, 0.717) is 0 Å². The van der Waals surface area contributed by atoms with Gasteiger partial charge in [-0.3, -0.25) is 4.79 Å². The van der Waals surface area contributed by atoms with E-state index in [-0.39, 0.29) is 11.8 Å². The van der Waals surface area contributed by atoms with Crippen LogP contribution in [0.2, 0.25) is 0 Å². The average Bonchev–Trinajstić information content (AvgIpc) is 2.79. The summed E-state index contributed by atoms with van der Waals surface area (Å²) in [5.74, 6) is -0.148. The van der Waals surface area contributed by atoms with Crippen LogP contribution in [0.15, 0.2) is 24.3 Å². The molecule has 2 rings (SSSR count). The number of carbonyl (C=O) groups is 1. The molecule has 0 bridgehead atoms. The summed E-state index contributed by atoms with van der Waals surface area (Å²) in [5, 5.41) is 0. The van der Waals surface area contributed by atoms with E-state index in [4.69, 9.17) is 11.5 Å². The minimum Gasteiger partial charge on any atom is -0.375 e. The molecule has 1 fully saturated rings. The first kappa shape index (κ1) is 14.9. The predicted octanol–water partition coefficient (Wildman–Crippen LogP) is 1.80. The normalized spacial score (nSPS) is 25.6. The number of benzene rings is 1. The van der Waals surface area contributed by atoms with Gasteiger partial charge >= 0.3 is 0 Å². The lowest BCUT2D eigenvalue weighted by Crippen LogP contribution is -2.55. The summed E-state index contributed by atoms with van der Waals surface area (Å²) >= 11 is 0. The van der Waals surface area contributed by atoms with Gasteiger partial charge in [0, 0.05) is 19.3 Å². The van der Waals surface area contributed by atoms with Crippen LogP contribution in [-0.2, 0) is 4.79 Å². The third-order valence-corrected chi connectivity index (χ3v) is 4.59. The molecule has 0 aromatic heterocycles. The van der Waals surface area contributed by atoms with Crippen LogP contribution in [0.5, 0.6) is 0 Å². The summed E-state index contributed by atoms with van der Waals surface area (Å²) in [6.07, 6.45) is 3.63. The first-order valence-electron chi connectivity index (χ1n) is 7.30. The number of primary amides is 1. The minimum absolute atomic E-state index is 0.201. The molecule has 0 spiro atoms. The molecule has 2 atom stereocenters. The van der Waals surface area contributed by atoms with Crippen molar-refractivity contribution < 1.29 is 4.79 Å². The van der Waals surface area contributed by atoms with E-state index in [9.17, 15) is 4.79 Å². The van der Waals surface area contributed by atoms with Gasteiger partial charge in [0.1, 0.15) is 0 Å². The number of anilines is 1. The zero-order valence-corrected chi connectivity index (χ0v) is 12.4. The predicted molar refractivity (Wildman–Crippen MR) is 82.5 cm³/mol. The zero-order chi connectivity index (χ0) is 14.8. The lowest BCUT2D eigenvalue weighted by Gasteiger charge is -2.30. The fourth-order valence-electron chi connectivity index (χ4n) is 3.17. The van der Waals surface area contributed by atoms with E-state index in [1.54, 1.807) is 0 Å². The van der Waals surface area contributed by atoms with Crippen LogP contribution in [0.3, 0.4) is 0 Å². The molecule has 20 heavy (non-hydrogen) atoms. The molecule has 4 heteroatoms. The quantitative estimate of drug-likeness (QED) is 0.860. The number of hydrogen-bond donors (Lipinski definition) is 2. The summed E-state index contributed by atoms with van der Waals surface area (Å²) in [5.41, 5.74) is 13.3. The van der Waals surface area contributed by atoms with Gasteiger partial charge in [-0.05, 0) is 49.8 Å². The van der Waals surface area contributed by atoms with Crippen molar-refractivity contribution in [2.45, 2.75) is 38.1 Å². The maximum Gasteiger partial charge on any atom is 0.237 e. The van der Waals surface area contributed by atoms with E-state index in [1.165, 1.54) is 11.3 Å². The Kier molecular flexibility index (Phi) is 4.33. The van der Waals surface area contributed by atoms with Crippen LogP contribution >= 0.6 is 0 Å². The van der Waals surface area contributed by atoms with Crippen molar-refractivity contribution >= 4 is 11.6 Å². The Hall–Kier alpha value is -1.55. The number of rotatable bonds is 5. The molecule has 1 saturated carbocycles. The fraction of sp³-hybridized carbons (Fsp3) is 0.562. The molecule has 2 unspecified atom stereocenters. The molecule has 1 aliphatic rings. The van der Waals surface area contributed by atoms with Crippen LogP contribution in [0.1, 0.15) is 31.2 Å². The van der Waals surface area contributed by atoms with Gasteiger partial charge in [-0.15, -0.1) is 0 Å². The number of nitrogens with zero attached hydrogens (tertiary/aromatic N) is 1. The highest BCUT2D eigenvalue weighted by Gasteiger charge is 2.43. The molecule has 1 aliphatic carbocycles. The van der Waals surface area contributed by atoms with E-state index >= 15 is 0 Å². The first-order valence-corrected chi connectivity index (χ1v) is 7.30. The molecule has 4 N–H and O–H groups in total. The molecular weight excluding hydrogens is 250 g/mol. The standard InChI is InChI=1S/C16H25N3O/c1-12-5-3-7-14(11-12)19(2)10-8-13-6-4-9-16(13,18)15(17)20/h3,5,7,11,13H,4,6,8-10,18H2,1-2H3,(H2,17,20). The van der Waals surface area contributed by atoms with Gasteiger partial charge in [-0.2, -0.15) is 0 Å². The molecule has 0 aliphatic heterocycles. The number of amides is 1. The zero-order valence-electron chi connectivity index (χ0n) is 12.4. The molecule has 0 radical (unpaired) electrons. The fourth-order valence-corrected chi connectivity index (χ4v) is 3.17. The highest BCUT2D eigenvalue weighted by atomic mass is 16.1. The van der Waals surface area contributed by atoms with Gasteiger partial charge in [0.2, 0.25) is 5.91 Å². The summed E-state index contributed by atoms with van der Waals surface area (Å²) < 4.78 is 0. The van der Waals surface area contributed by atoms with Gasteiger partial charge in [0.15, 0.2) is 0 Å². The van der Waals surface area contributed by atoms with Gasteiger partial charge < -0.3 is 16.4 Å². The average molecular weight is 275 g/mol. The number of hydrogen-bond acceptors (Lipinski definition) is 3. The van der Waals surface area contributed by atoms with Crippen molar-refractivity contribution in [2.24, 2.45) is 17.4 Å². The van der Waals surface area contributed by atoms with Crippen LogP contribution in [0, 0.1) is 12.8 Å². The summed E-state index contributed by atoms with van der Waals surface area (Å²) in [4.78, 5) is 13.8. The number of carbonyl (C=O) groups excluding carboxylic acids is 1. The van der Waals surface area contributed by atoms with E-state index < -0.39 is 5.54 Å². The lowest BCUT2D eigenvalue weighted by atomic mass is 9.85. The van der Waals surface area contributed by atoms with Gasteiger partial charge in [0.25, 0.3) is 0 Å². The Morgan fingerprint density at radius 2 is 2.25 bits per heavy atom. The largest absolute Gasteiger partial charge is 0.375 e. The van der Waals surface area contributed by atoms with Gasteiger partial charge in [0.05, 0.1) is 5.54 Å². The van der Waals surface area contributed by atoms with Gasteiger partial charge in [-0.25, -0.2) is 0 Å². The van der Waals surface area contributed by atoms with Crippen molar-refractivity contribution in [3.8, 4) is 0 Å². The van der Waals surface area contributed by atoms with Gasteiger partial charge in [-0.1, -0.05) is 18.6 Å². The first-order chi connectivity index (χ1) is 9.43. The minimum atomic E-state index is -0.798. The highest BCUT2D eigenvalue weighted by Crippen LogP contribution is 2.36. The Morgan fingerprint density at radius 1 is 1.50 bits per heavy atom. The van der Waals surface area contributed by atoms with Crippen LogP contribution in [0.4, 0.5) is 5.69 Å². The second-order valence-corrected chi connectivity index (χ2v) is 6.04. The summed E-state index contributed by atoms with van der Waals surface area (Å²) in [6.45, 7) is 2.98. The maximum atomic E-state index is 11.6. The smallest absolute Gasteiger partial charge is 0.237 e. The molecule has 1 amide bonds. The van der Waals surface area contributed by atoms with Crippen molar-refractivity contribution in [1.82, 2.24) is 0 Å². The van der Waals surface area contributed by atoms with Crippen LogP contribution < -0.4 is 16.4 Å². The Morgan fingerprint density at radius 3 is 2.90 bits per heavy atom. The third-order valence-electron chi connectivity index (χ3n) is 4.59. The molecule has 110 valence electrons. The molecule has 0 heterocycles. The molecule has 4 nitrogen and oxygen atoms in total. The van der Waals surface area contributed by atoms with E-state index in [1.807, 2.05) is 0 Å². The SMILES string of the molecule is Cc1cccc(N(C)CCC2CCCC2(N)C(N)=O)c1. The third kappa shape index (κ3) is 2.96. The van der Waals surface area contributed by atoms with Crippen LogP contribution in [0.25, 0.3) is 0 Å². The number of nitrogens with two attached hydrogens (primary N) is 2. The van der Waals surface area contributed by atoms with Crippen molar-refractivity contribution in [1.29, 1.82) is 0 Å². The highest BCUT2D eigenvalue weighted by molar-refractivity contribution is 5.85. The van der Waals surface area contributed by atoms with E-state index in [2.05, 4.69) is 43.1 Å².